The fourth-order valence-electron chi connectivity index (χ4n) is 1.65. The molecule has 0 atom stereocenters. The summed E-state index contributed by atoms with van der Waals surface area (Å²) in [5.74, 6) is -0.312. The standard InChI is InChI=1S/C13H20N2O4S/c1-4-15-20(17,18)11-6-5-10(2)12(9-11)13(16)14-7-8-19-3/h5-6,9,15H,4,7-8H2,1-3H3,(H,14,16). The molecule has 1 amide bonds. The van der Waals surface area contributed by atoms with Gasteiger partial charge in [0, 0.05) is 25.8 Å². The van der Waals surface area contributed by atoms with Crippen molar-refractivity contribution in [2.24, 2.45) is 0 Å². The Hall–Kier alpha value is -1.44. The third-order valence-corrected chi connectivity index (χ3v) is 4.23. The zero-order valence-electron chi connectivity index (χ0n) is 11.9. The van der Waals surface area contributed by atoms with Crippen LogP contribution in [0.3, 0.4) is 0 Å². The number of amides is 1. The maximum absolute atomic E-state index is 12.0. The van der Waals surface area contributed by atoms with Crippen molar-refractivity contribution in [3.8, 4) is 0 Å². The van der Waals surface area contributed by atoms with Crippen LogP contribution in [0.4, 0.5) is 0 Å². The third-order valence-electron chi connectivity index (χ3n) is 2.69. The van der Waals surface area contributed by atoms with E-state index in [1.807, 2.05) is 0 Å². The molecule has 20 heavy (non-hydrogen) atoms. The number of nitrogens with one attached hydrogen (secondary N) is 2. The second-order valence-corrected chi connectivity index (χ2v) is 5.99. The number of hydrogen-bond acceptors (Lipinski definition) is 4. The van der Waals surface area contributed by atoms with Crippen LogP contribution in [0.5, 0.6) is 0 Å². The fraction of sp³-hybridized carbons (Fsp3) is 0.462. The summed E-state index contributed by atoms with van der Waals surface area (Å²) in [5, 5.41) is 2.67. The van der Waals surface area contributed by atoms with Crippen molar-refractivity contribution in [2.45, 2.75) is 18.7 Å². The Labute approximate surface area is 119 Å². The molecular weight excluding hydrogens is 280 g/mol. The fourth-order valence-corrected chi connectivity index (χ4v) is 2.72. The summed E-state index contributed by atoms with van der Waals surface area (Å²) in [4.78, 5) is 12.1. The molecule has 1 aromatic rings. The number of methoxy groups -OCH3 is 1. The zero-order valence-corrected chi connectivity index (χ0v) is 12.7. The predicted molar refractivity (Wildman–Crippen MR) is 76.3 cm³/mol. The Kier molecular flexibility index (Phi) is 6.12. The molecule has 6 nitrogen and oxygen atoms in total. The van der Waals surface area contributed by atoms with Gasteiger partial charge in [-0.05, 0) is 24.6 Å². The third kappa shape index (κ3) is 4.29. The molecule has 0 radical (unpaired) electrons. The molecular formula is C13H20N2O4S. The van der Waals surface area contributed by atoms with Gasteiger partial charge in [-0.15, -0.1) is 0 Å². The molecule has 0 saturated carbocycles. The van der Waals surface area contributed by atoms with Crippen molar-refractivity contribution < 1.29 is 17.9 Å². The summed E-state index contributed by atoms with van der Waals surface area (Å²) < 4.78 is 31.1. The van der Waals surface area contributed by atoms with E-state index in [9.17, 15) is 13.2 Å². The molecule has 7 heteroatoms. The summed E-state index contributed by atoms with van der Waals surface area (Å²) in [7, 11) is -2.02. The Morgan fingerprint density at radius 3 is 2.65 bits per heavy atom. The molecule has 2 N–H and O–H groups in total. The van der Waals surface area contributed by atoms with Gasteiger partial charge in [0.25, 0.3) is 5.91 Å². The molecule has 0 aliphatic heterocycles. The molecule has 112 valence electrons. The lowest BCUT2D eigenvalue weighted by molar-refractivity contribution is 0.0936. The molecule has 0 aromatic heterocycles. The van der Waals surface area contributed by atoms with E-state index >= 15 is 0 Å². The first-order valence-corrected chi connectivity index (χ1v) is 7.78. The molecule has 0 fully saturated rings. The number of rotatable bonds is 7. The minimum absolute atomic E-state index is 0.0850. The zero-order chi connectivity index (χ0) is 15.2. The van der Waals surface area contributed by atoms with E-state index < -0.39 is 10.0 Å². The molecule has 0 bridgehead atoms. The number of benzene rings is 1. The maximum Gasteiger partial charge on any atom is 0.251 e. The van der Waals surface area contributed by atoms with Gasteiger partial charge in [0.2, 0.25) is 10.0 Å². The van der Waals surface area contributed by atoms with Gasteiger partial charge >= 0.3 is 0 Å². The highest BCUT2D eigenvalue weighted by molar-refractivity contribution is 7.89. The minimum Gasteiger partial charge on any atom is -0.383 e. The van der Waals surface area contributed by atoms with Gasteiger partial charge in [-0.1, -0.05) is 13.0 Å². The Balaban J connectivity index is 3.00. The molecule has 1 aromatic carbocycles. The number of carbonyl (C=O) groups excluding carboxylic acids is 1. The van der Waals surface area contributed by atoms with Crippen molar-refractivity contribution in [2.75, 3.05) is 26.8 Å². The van der Waals surface area contributed by atoms with Crippen LogP contribution in [-0.4, -0.2) is 41.1 Å². The molecule has 0 saturated heterocycles. The number of ether oxygens (including phenoxy) is 1. The highest BCUT2D eigenvalue weighted by Gasteiger charge is 2.16. The van der Waals surface area contributed by atoms with Crippen molar-refractivity contribution in [3.63, 3.8) is 0 Å². The number of aryl methyl sites for hydroxylation is 1. The highest BCUT2D eigenvalue weighted by atomic mass is 32.2. The number of hydrogen-bond donors (Lipinski definition) is 2. The summed E-state index contributed by atoms with van der Waals surface area (Å²) >= 11 is 0. The normalized spacial score (nSPS) is 11.3. The van der Waals surface area contributed by atoms with Gasteiger partial charge in [-0.25, -0.2) is 13.1 Å². The summed E-state index contributed by atoms with van der Waals surface area (Å²) in [6, 6.07) is 4.49. The second kappa shape index (κ2) is 7.37. The van der Waals surface area contributed by atoms with E-state index in [2.05, 4.69) is 10.0 Å². The smallest absolute Gasteiger partial charge is 0.251 e. The van der Waals surface area contributed by atoms with E-state index in [-0.39, 0.29) is 10.8 Å². The van der Waals surface area contributed by atoms with E-state index in [0.29, 0.717) is 25.3 Å². The first-order valence-electron chi connectivity index (χ1n) is 6.29. The predicted octanol–water partition coefficient (Wildman–Crippen LogP) is 0.669. The first kappa shape index (κ1) is 16.6. The molecule has 1 rings (SSSR count). The summed E-state index contributed by atoms with van der Waals surface area (Å²) in [6.45, 7) is 4.53. The monoisotopic (exact) mass is 300 g/mol. The molecule has 0 aliphatic rings. The van der Waals surface area contributed by atoms with Gasteiger partial charge in [0.1, 0.15) is 0 Å². The highest BCUT2D eigenvalue weighted by Crippen LogP contribution is 2.15. The quantitative estimate of drug-likeness (QED) is 0.725. The van der Waals surface area contributed by atoms with Crippen molar-refractivity contribution in [1.82, 2.24) is 10.0 Å². The number of carbonyl (C=O) groups is 1. The first-order chi connectivity index (χ1) is 9.42. The van der Waals surface area contributed by atoms with Crippen LogP contribution in [0.2, 0.25) is 0 Å². The van der Waals surface area contributed by atoms with Crippen molar-refractivity contribution >= 4 is 15.9 Å². The van der Waals surface area contributed by atoms with Gasteiger partial charge in [-0.3, -0.25) is 4.79 Å². The van der Waals surface area contributed by atoms with Crippen LogP contribution in [-0.2, 0) is 14.8 Å². The van der Waals surface area contributed by atoms with Crippen molar-refractivity contribution in [3.05, 3.63) is 29.3 Å². The Morgan fingerprint density at radius 2 is 2.05 bits per heavy atom. The van der Waals surface area contributed by atoms with E-state index in [1.165, 1.54) is 12.1 Å². The van der Waals surface area contributed by atoms with Crippen molar-refractivity contribution in [1.29, 1.82) is 0 Å². The van der Waals surface area contributed by atoms with Crippen LogP contribution in [0.15, 0.2) is 23.1 Å². The van der Waals surface area contributed by atoms with Crippen LogP contribution in [0.1, 0.15) is 22.8 Å². The van der Waals surface area contributed by atoms with Crippen LogP contribution in [0.25, 0.3) is 0 Å². The SMILES string of the molecule is CCNS(=O)(=O)c1ccc(C)c(C(=O)NCCOC)c1. The number of sulfonamides is 1. The topological polar surface area (TPSA) is 84.5 Å². The molecule has 0 heterocycles. The lowest BCUT2D eigenvalue weighted by atomic mass is 10.1. The van der Waals surface area contributed by atoms with Crippen LogP contribution in [0, 0.1) is 6.92 Å². The van der Waals surface area contributed by atoms with Gasteiger partial charge in [-0.2, -0.15) is 0 Å². The van der Waals surface area contributed by atoms with Crippen LogP contribution >= 0.6 is 0 Å². The maximum atomic E-state index is 12.0. The van der Waals surface area contributed by atoms with E-state index in [0.717, 1.165) is 5.56 Å². The summed E-state index contributed by atoms with van der Waals surface area (Å²) in [6.07, 6.45) is 0. The summed E-state index contributed by atoms with van der Waals surface area (Å²) in [5.41, 5.74) is 1.07. The van der Waals surface area contributed by atoms with Gasteiger partial charge in [0.05, 0.1) is 11.5 Å². The minimum atomic E-state index is -3.56. The average Bonchev–Trinajstić information content (AvgIpc) is 2.39. The largest absolute Gasteiger partial charge is 0.383 e. The second-order valence-electron chi connectivity index (χ2n) is 4.23. The molecule has 0 spiro atoms. The van der Waals surface area contributed by atoms with Gasteiger partial charge < -0.3 is 10.1 Å². The average molecular weight is 300 g/mol. The Morgan fingerprint density at radius 1 is 1.35 bits per heavy atom. The lowest BCUT2D eigenvalue weighted by Crippen LogP contribution is -2.28. The van der Waals surface area contributed by atoms with Crippen LogP contribution < -0.4 is 10.0 Å². The van der Waals surface area contributed by atoms with E-state index in [1.54, 1.807) is 27.0 Å². The molecule has 0 unspecified atom stereocenters. The van der Waals surface area contributed by atoms with Gasteiger partial charge in [0.15, 0.2) is 0 Å². The Bertz CT molecular complexity index is 570. The van der Waals surface area contributed by atoms with E-state index in [4.69, 9.17) is 4.74 Å². The lowest BCUT2D eigenvalue weighted by Gasteiger charge is -2.10. The molecule has 0 aliphatic carbocycles.